The number of amides is 1. The fourth-order valence-electron chi connectivity index (χ4n) is 4.27. The Kier molecular flexibility index (Phi) is 3.88. The zero-order valence-corrected chi connectivity index (χ0v) is 13.9. The molecule has 5 heteroatoms. The molecule has 2 N–H and O–H groups in total. The minimum atomic E-state index is -0.445. The molecule has 0 bridgehead atoms. The van der Waals surface area contributed by atoms with Crippen LogP contribution in [0, 0.1) is 11.8 Å². The van der Waals surface area contributed by atoms with Crippen LogP contribution in [0.3, 0.4) is 0 Å². The SMILES string of the molecule is CC(=O)N[C@@H]1C[C@@H]2CN(c3ccc4ccccc4n3)C[C@@H]2C[C@H]1O. The Morgan fingerprint density at radius 1 is 1.17 bits per heavy atom. The van der Waals surface area contributed by atoms with Crippen LogP contribution in [0.2, 0.25) is 0 Å². The van der Waals surface area contributed by atoms with Crippen molar-refractivity contribution in [3.05, 3.63) is 36.4 Å². The molecule has 126 valence electrons. The Morgan fingerprint density at radius 3 is 2.71 bits per heavy atom. The third kappa shape index (κ3) is 2.84. The molecule has 1 aliphatic carbocycles. The summed E-state index contributed by atoms with van der Waals surface area (Å²) in [5, 5.41) is 14.4. The number of aliphatic hydroxyl groups excluding tert-OH is 1. The van der Waals surface area contributed by atoms with E-state index in [0.29, 0.717) is 11.8 Å². The molecule has 0 unspecified atom stereocenters. The summed E-state index contributed by atoms with van der Waals surface area (Å²) < 4.78 is 0. The van der Waals surface area contributed by atoms with Gasteiger partial charge in [0, 0.05) is 25.4 Å². The van der Waals surface area contributed by atoms with Gasteiger partial charge in [0.05, 0.1) is 17.7 Å². The average molecular weight is 325 g/mol. The second-order valence-corrected chi connectivity index (χ2v) is 7.13. The van der Waals surface area contributed by atoms with Gasteiger partial charge in [-0.25, -0.2) is 4.98 Å². The van der Waals surface area contributed by atoms with Crippen LogP contribution in [0.5, 0.6) is 0 Å². The molecule has 1 saturated heterocycles. The molecule has 0 spiro atoms. The predicted molar refractivity (Wildman–Crippen MR) is 93.8 cm³/mol. The van der Waals surface area contributed by atoms with E-state index in [1.165, 1.54) is 6.92 Å². The van der Waals surface area contributed by atoms with Crippen LogP contribution in [0.25, 0.3) is 10.9 Å². The Labute approximate surface area is 141 Å². The highest BCUT2D eigenvalue weighted by atomic mass is 16.3. The number of fused-ring (bicyclic) bond motifs is 2. The van der Waals surface area contributed by atoms with E-state index in [4.69, 9.17) is 4.98 Å². The van der Waals surface area contributed by atoms with Crippen LogP contribution < -0.4 is 10.2 Å². The summed E-state index contributed by atoms with van der Waals surface area (Å²) in [7, 11) is 0. The van der Waals surface area contributed by atoms with Crippen molar-refractivity contribution in [2.45, 2.75) is 31.9 Å². The minimum Gasteiger partial charge on any atom is -0.391 e. The Morgan fingerprint density at radius 2 is 1.92 bits per heavy atom. The van der Waals surface area contributed by atoms with Crippen molar-refractivity contribution < 1.29 is 9.90 Å². The molecule has 1 aliphatic heterocycles. The molecule has 1 saturated carbocycles. The summed E-state index contributed by atoms with van der Waals surface area (Å²) in [5.74, 6) is 1.91. The van der Waals surface area contributed by atoms with Gasteiger partial charge in [0.1, 0.15) is 5.82 Å². The highest BCUT2D eigenvalue weighted by molar-refractivity contribution is 5.80. The summed E-state index contributed by atoms with van der Waals surface area (Å²) in [6.45, 7) is 3.39. The van der Waals surface area contributed by atoms with Crippen LogP contribution in [0.1, 0.15) is 19.8 Å². The van der Waals surface area contributed by atoms with Gasteiger partial charge in [-0.1, -0.05) is 18.2 Å². The zero-order chi connectivity index (χ0) is 16.7. The second kappa shape index (κ2) is 6.06. The van der Waals surface area contributed by atoms with E-state index in [9.17, 15) is 9.90 Å². The van der Waals surface area contributed by atoms with E-state index < -0.39 is 6.10 Å². The number of nitrogens with zero attached hydrogens (tertiary/aromatic N) is 2. The number of hydrogen-bond acceptors (Lipinski definition) is 4. The topological polar surface area (TPSA) is 65.5 Å². The second-order valence-electron chi connectivity index (χ2n) is 7.13. The maximum Gasteiger partial charge on any atom is 0.217 e. The van der Waals surface area contributed by atoms with Gasteiger partial charge in [0.2, 0.25) is 5.91 Å². The number of aliphatic hydroxyl groups is 1. The van der Waals surface area contributed by atoms with Gasteiger partial charge in [-0.15, -0.1) is 0 Å². The van der Waals surface area contributed by atoms with Crippen LogP contribution >= 0.6 is 0 Å². The lowest BCUT2D eigenvalue weighted by Crippen LogP contribution is -2.48. The van der Waals surface area contributed by atoms with Crippen molar-refractivity contribution in [1.29, 1.82) is 0 Å². The van der Waals surface area contributed by atoms with Crippen molar-refractivity contribution in [2.75, 3.05) is 18.0 Å². The maximum absolute atomic E-state index is 11.3. The molecule has 1 aromatic carbocycles. The number of benzene rings is 1. The van der Waals surface area contributed by atoms with Crippen LogP contribution in [0.4, 0.5) is 5.82 Å². The van der Waals surface area contributed by atoms with Crippen molar-refractivity contribution in [3.63, 3.8) is 0 Å². The number of para-hydroxylation sites is 1. The summed E-state index contributed by atoms with van der Waals surface area (Å²) in [6, 6.07) is 12.2. The normalized spacial score (nSPS) is 29.5. The van der Waals surface area contributed by atoms with Crippen molar-refractivity contribution in [3.8, 4) is 0 Å². The third-order valence-corrected chi connectivity index (χ3v) is 5.44. The summed E-state index contributed by atoms with van der Waals surface area (Å²) >= 11 is 0. The molecular weight excluding hydrogens is 302 g/mol. The lowest BCUT2D eigenvalue weighted by Gasteiger charge is -2.35. The molecule has 0 radical (unpaired) electrons. The van der Waals surface area contributed by atoms with Crippen LogP contribution in [0.15, 0.2) is 36.4 Å². The Hall–Kier alpha value is -2.14. The summed E-state index contributed by atoms with van der Waals surface area (Å²) in [4.78, 5) is 18.4. The largest absolute Gasteiger partial charge is 0.391 e. The quantitative estimate of drug-likeness (QED) is 0.886. The van der Waals surface area contributed by atoms with Crippen LogP contribution in [-0.4, -0.2) is 41.2 Å². The predicted octanol–water partition coefficient (Wildman–Crippen LogP) is 1.95. The highest BCUT2D eigenvalue weighted by Crippen LogP contribution is 2.38. The minimum absolute atomic E-state index is 0.0662. The fourth-order valence-corrected chi connectivity index (χ4v) is 4.27. The molecule has 1 amide bonds. The van der Waals surface area contributed by atoms with Crippen molar-refractivity contribution in [1.82, 2.24) is 10.3 Å². The average Bonchev–Trinajstić information content (AvgIpc) is 2.97. The number of nitrogens with one attached hydrogen (secondary N) is 1. The van der Waals surface area contributed by atoms with Gasteiger partial charge in [0.15, 0.2) is 0 Å². The molecule has 2 aromatic rings. The van der Waals surface area contributed by atoms with Crippen LogP contribution in [-0.2, 0) is 4.79 Å². The van der Waals surface area contributed by atoms with E-state index in [1.807, 2.05) is 18.2 Å². The maximum atomic E-state index is 11.3. The number of carbonyl (C=O) groups excluding carboxylic acids is 1. The van der Waals surface area contributed by atoms with Gasteiger partial charge < -0.3 is 15.3 Å². The van der Waals surface area contributed by atoms with Gasteiger partial charge in [-0.2, -0.15) is 0 Å². The number of carbonyl (C=O) groups is 1. The lowest BCUT2D eigenvalue weighted by atomic mass is 9.77. The van der Waals surface area contributed by atoms with E-state index in [2.05, 4.69) is 28.4 Å². The van der Waals surface area contributed by atoms with E-state index in [1.54, 1.807) is 0 Å². The summed E-state index contributed by atoms with van der Waals surface area (Å²) in [5.41, 5.74) is 1.01. The first-order valence-electron chi connectivity index (χ1n) is 8.66. The molecule has 5 nitrogen and oxygen atoms in total. The van der Waals surface area contributed by atoms with Crippen molar-refractivity contribution in [2.24, 2.45) is 11.8 Å². The Bertz CT molecular complexity index is 763. The molecule has 2 heterocycles. The van der Waals surface area contributed by atoms with E-state index >= 15 is 0 Å². The molecule has 4 atom stereocenters. The number of anilines is 1. The smallest absolute Gasteiger partial charge is 0.217 e. The first-order chi connectivity index (χ1) is 11.6. The van der Waals surface area contributed by atoms with Gasteiger partial charge in [0.25, 0.3) is 0 Å². The standard InChI is InChI=1S/C19H23N3O2/c1-12(23)20-17-8-14-10-22(11-15(14)9-18(17)24)19-7-6-13-4-2-3-5-16(13)21-19/h2-7,14-15,17-18,24H,8-11H2,1H3,(H,20,23)/t14-,15+,17-,18-/m1/s1. The van der Waals surface area contributed by atoms with E-state index in [-0.39, 0.29) is 11.9 Å². The van der Waals surface area contributed by atoms with Gasteiger partial charge >= 0.3 is 0 Å². The highest BCUT2D eigenvalue weighted by Gasteiger charge is 2.42. The van der Waals surface area contributed by atoms with Gasteiger partial charge in [-0.05, 0) is 42.9 Å². The number of aromatic nitrogens is 1. The summed E-state index contributed by atoms with van der Waals surface area (Å²) in [6.07, 6.45) is 1.15. The Balaban J connectivity index is 1.52. The number of rotatable bonds is 2. The molecule has 4 rings (SSSR count). The molecule has 2 aliphatic rings. The first-order valence-corrected chi connectivity index (χ1v) is 8.66. The molecular formula is C19H23N3O2. The van der Waals surface area contributed by atoms with Gasteiger partial charge in [-0.3, -0.25) is 4.79 Å². The fraction of sp³-hybridized carbons (Fsp3) is 0.474. The monoisotopic (exact) mass is 325 g/mol. The number of hydrogen-bond donors (Lipinski definition) is 2. The zero-order valence-electron chi connectivity index (χ0n) is 13.9. The third-order valence-electron chi connectivity index (χ3n) is 5.44. The number of pyridine rings is 1. The molecule has 1 aromatic heterocycles. The molecule has 2 fully saturated rings. The molecule has 24 heavy (non-hydrogen) atoms. The first kappa shape index (κ1) is 15.4. The van der Waals surface area contributed by atoms with E-state index in [0.717, 1.165) is 42.7 Å². The van der Waals surface area contributed by atoms with Crippen molar-refractivity contribution >= 4 is 22.6 Å². The lowest BCUT2D eigenvalue weighted by molar-refractivity contribution is -0.121.